The summed E-state index contributed by atoms with van der Waals surface area (Å²) < 4.78 is 42.1. The summed E-state index contributed by atoms with van der Waals surface area (Å²) in [5.74, 6) is -4.15. The number of pyridine rings is 1. The number of carbonyl (C=O) groups excluding carboxylic acids is 1. The van der Waals surface area contributed by atoms with Gasteiger partial charge >= 0.3 is 0 Å². The number of carbonyl (C=O) groups is 1. The number of halogens is 4. The van der Waals surface area contributed by atoms with E-state index in [9.17, 15) is 18.4 Å². The quantitative estimate of drug-likeness (QED) is 0.235. The molecule has 1 aliphatic rings. The Morgan fingerprint density at radius 2 is 2.00 bits per heavy atom. The number of anilines is 2. The largest absolute Gasteiger partial charge is 0.491 e. The molecule has 14 heteroatoms. The van der Waals surface area contributed by atoms with Gasteiger partial charge in [0.05, 0.1) is 18.3 Å². The van der Waals surface area contributed by atoms with Gasteiger partial charge in [0.2, 0.25) is 5.28 Å². The first kappa shape index (κ1) is 29.8. The zero-order chi connectivity index (χ0) is 29.0. The van der Waals surface area contributed by atoms with E-state index in [1.54, 1.807) is 26.1 Å². The third-order valence-electron chi connectivity index (χ3n) is 6.85. The van der Waals surface area contributed by atoms with Crippen LogP contribution in [0.3, 0.4) is 0 Å². The number of benzene rings is 1. The van der Waals surface area contributed by atoms with Crippen molar-refractivity contribution in [2.45, 2.75) is 25.7 Å². The van der Waals surface area contributed by atoms with Crippen LogP contribution in [0.4, 0.5) is 20.3 Å². The minimum absolute atomic E-state index is 0.0141. The smallest absolute Gasteiger partial charge is 0.293 e. The van der Waals surface area contributed by atoms with Crippen LogP contribution < -0.4 is 31.0 Å². The second-order valence-electron chi connectivity index (χ2n) is 9.63. The highest BCUT2D eigenvalue weighted by atomic mass is 35.5. The number of nitrogens with zero attached hydrogens (tertiary/aromatic N) is 3. The Kier molecular flexibility index (Phi) is 9.32. The second-order valence-corrected chi connectivity index (χ2v) is 10.4. The molecule has 3 N–H and O–H groups in total. The van der Waals surface area contributed by atoms with Crippen molar-refractivity contribution in [3.05, 3.63) is 45.1 Å². The highest BCUT2D eigenvalue weighted by Crippen LogP contribution is 2.38. The molecule has 3 heterocycles. The lowest BCUT2D eigenvalue weighted by atomic mass is 9.84. The molecule has 1 saturated heterocycles. The number of amides is 1. The van der Waals surface area contributed by atoms with E-state index in [0.717, 1.165) is 0 Å². The Bertz CT molecular complexity index is 1450. The van der Waals surface area contributed by atoms with Gasteiger partial charge in [0, 0.05) is 56.2 Å². The number of hydrogen-bond acceptors (Lipinski definition) is 8. The Hall–Kier alpha value is -3.22. The molecular formula is C26H30Cl2F2N6O4. The second kappa shape index (κ2) is 12.5. The third kappa shape index (κ3) is 6.56. The van der Waals surface area contributed by atoms with Gasteiger partial charge in [-0.05, 0) is 36.6 Å². The normalized spacial score (nSPS) is 18.4. The summed E-state index contributed by atoms with van der Waals surface area (Å²) in [6.07, 6.45) is 2.00. The summed E-state index contributed by atoms with van der Waals surface area (Å²) in [7, 11) is 3.01. The maximum absolute atomic E-state index is 14.6. The highest BCUT2D eigenvalue weighted by Gasteiger charge is 2.46. The van der Waals surface area contributed by atoms with Gasteiger partial charge in [-0.2, -0.15) is 4.98 Å². The van der Waals surface area contributed by atoms with Crippen LogP contribution in [0.15, 0.2) is 29.2 Å². The van der Waals surface area contributed by atoms with Crippen LogP contribution in [-0.2, 0) is 11.8 Å². The number of piperidine rings is 1. The maximum Gasteiger partial charge on any atom is 0.293 e. The molecule has 1 amide bonds. The molecule has 0 spiro atoms. The van der Waals surface area contributed by atoms with Crippen molar-refractivity contribution < 1.29 is 23.0 Å². The minimum atomic E-state index is -2.76. The number of nitrogens with one attached hydrogen (secondary N) is 3. The maximum atomic E-state index is 14.6. The third-order valence-corrected chi connectivity index (χ3v) is 7.31. The van der Waals surface area contributed by atoms with E-state index in [4.69, 9.17) is 32.7 Å². The van der Waals surface area contributed by atoms with Crippen LogP contribution in [-0.4, -0.2) is 59.7 Å². The molecule has 216 valence electrons. The van der Waals surface area contributed by atoms with E-state index < -0.39 is 29.2 Å². The summed E-state index contributed by atoms with van der Waals surface area (Å²) in [6.45, 7) is 1.88. The van der Waals surface area contributed by atoms with E-state index in [1.807, 2.05) is 0 Å². The fourth-order valence-corrected chi connectivity index (χ4v) is 4.87. The molecule has 0 radical (unpaired) electrons. The first-order chi connectivity index (χ1) is 19.0. The number of ether oxygens (including phenoxy) is 2. The Morgan fingerprint density at radius 1 is 1.23 bits per heavy atom. The molecule has 0 unspecified atom stereocenters. The van der Waals surface area contributed by atoms with Crippen molar-refractivity contribution in [2.75, 3.05) is 38.7 Å². The molecule has 2 aromatic heterocycles. The van der Waals surface area contributed by atoms with E-state index in [2.05, 4.69) is 25.9 Å². The van der Waals surface area contributed by atoms with Crippen molar-refractivity contribution in [3.63, 3.8) is 0 Å². The van der Waals surface area contributed by atoms with Crippen LogP contribution in [0.2, 0.25) is 10.3 Å². The van der Waals surface area contributed by atoms with Gasteiger partial charge in [0.1, 0.15) is 10.8 Å². The van der Waals surface area contributed by atoms with Crippen molar-refractivity contribution >= 4 is 51.5 Å². The molecule has 1 aromatic carbocycles. The number of fused-ring (bicyclic) bond motifs is 1. The summed E-state index contributed by atoms with van der Waals surface area (Å²) in [5.41, 5.74) is 0.467. The standard InChI is InChI=1S/C26H30Cl2F2N6O4/c1-14-10-32-11-16(26(14,29)30)5-4-6-39-19-9-17(34-23-18(27)12-33-25(28)35-23)7-15-8-20(40-13-21(37)31-2)24(38)36(3)22(15)19/h7-9,12,14,16,32H,4-6,10-11,13H2,1-3H3,(H,31,37)(H,33,34,35)/t14-,16+/m0/s1. The first-order valence-electron chi connectivity index (χ1n) is 12.7. The molecule has 10 nitrogen and oxygen atoms in total. The molecule has 40 heavy (non-hydrogen) atoms. The first-order valence-corrected chi connectivity index (χ1v) is 13.4. The number of hydrogen-bond donors (Lipinski definition) is 3. The molecule has 4 rings (SSSR count). The van der Waals surface area contributed by atoms with Crippen molar-refractivity contribution in [1.82, 2.24) is 25.2 Å². The lowest BCUT2D eigenvalue weighted by Crippen LogP contribution is -2.50. The van der Waals surface area contributed by atoms with Crippen LogP contribution in [0.5, 0.6) is 11.5 Å². The van der Waals surface area contributed by atoms with Gasteiger partial charge in [0.15, 0.2) is 18.2 Å². The van der Waals surface area contributed by atoms with Crippen LogP contribution >= 0.6 is 23.2 Å². The lowest BCUT2D eigenvalue weighted by molar-refractivity contribution is -0.122. The Labute approximate surface area is 239 Å². The van der Waals surface area contributed by atoms with Crippen LogP contribution in [0, 0.1) is 11.8 Å². The lowest BCUT2D eigenvalue weighted by Gasteiger charge is -2.37. The fraction of sp³-hybridized carbons (Fsp3) is 0.462. The zero-order valence-electron chi connectivity index (χ0n) is 22.2. The van der Waals surface area contributed by atoms with E-state index >= 15 is 0 Å². The predicted octanol–water partition coefficient (Wildman–Crippen LogP) is 4.15. The topological polar surface area (TPSA) is 119 Å². The zero-order valence-corrected chi connectivity index (χ0v) is 23.7. The van der Waals surface area contributed by atoms with Crippen LogP contribution in [0.1, 0.15) is 19.8 Å². The molecule has 0 bridgehead atoms. The van der Waals surface area contributed by atoms with Gasteiger partial charge in [-0.1, -0.05) is 18.5 Å². The minimum Gasteiger partial charge on any atom is -0.491 e. The number of alkyl halides is 2. The van der Waals surface area contributed by atoms with Crippen LogP contribution in [0.25, 0.3) is 10.9 Å². The summed E-state index contributed by atoms with van der Waals surface area (Å²) in [5, 5.41) is 9.32. The van der Waals surface area contributed by atoms with Gasteiger partial charge < -0.3 is 30.0 Å². The van der Waals surface area contributed by atoms with Crippen molar-refractivity contribution in [2.24, 2.45) is 18.9 Å². The summed E-state index contributed by atoms with van der Waals surface area (Å²) in [4.78, 5) is 32.6. The van der Waals surface area contributed by atoms with Gasteiger partial charge in [-0.25, -0.2) is 13.8 Å². The van der Waals surface area contributed by atoms with E-state index in [0.29, 0.717) is 28.8 Å². The Morgan fingerprint density at radius 3 is 2.75 bits per heavy atom. The molecule has 2 atom stereocenters. The molecule has 0 aliphatic carbocycles. The predicted molar refractivity (Wildman–Crippen MR) is 149 cm³/mol. The molecule has 1 fully saturated rings. The fourth-order valence-electron chi connectivity index (χ4n) is 4.59. The monoisotopic (exact) mass is 598 g/mol. The number of aromatic nitrogens is 3. The molecular weight excluding hydrogens is 569 g/mol. The highest BCUT2D eigenvalue weighted by molar-refractivity contribution is 6.33. The van der Waals surface area contributed by atoms with Gasteiger partial charge in [0.25, 0.3) is 17.4 Å². The summed E-state index contributed by atoms with van der Waals surface area (Å²) in [6, 6.07) is 4.87. The Balaban J connectivity index is 1.64. The molecule has 1 aliphatic heterocycles. The van der Waals surface area contributed by atoms with Crippen molar-refractivity contribution in [1.29, 1.82) is 0 Å². The van der Waals surface area contributed by atoms with E-state index in [-0.39, 0.29) is 54.6 Å². The van der Waals surface area contributed by atoms with Crippen molar-refractivity contribution in [3.8, 4) is 11.5 Å². The average molecular weight is 599 g/mol. The molecule has 3 aromatic rings. The SMILES string of the molecule is CNC(=O)COc1cc2cc(Nc3nc(Cl)ncc3Cl)cc(OCCC[C@@H]3CNC[C@H](C)C3(F)F)c2n(C)c1=O. The molecule has 0 saturated carbocycles. The number of aryl methyl sites for hydroxylation is 1. The van der Waals surface area contributed by atoms with Gasteiger partial charge in [-0.15, -0.1) is 0 Å². The van der Waals surface area contributed by atoms with E-state index in [1.165, 1.54) is 23.9 Å². The number of likely N-dealkylation sites (N-methyl/N-ethyl adjacent to an activating group) is 1. The number of rotatable bonds is 10. The summed E-state index contributed by atoms with van der Waals surface area (Å²) >= 11 is 12.1. The average Bonchev–Trinajstić information content (AvgIpc) is 2.91. The van der Waals surface area contributed by atoms with Gasteiger partial charge in [-0.3, -0.25) is 9.59 Å².